The SMILES string of the molecule is CS(=O)(=O)Cc1nnc2n1CCC(CN)C2. The van der Waals surface area contributed by atoms with E-state index in [1.165, 1.54) is 6.26 Å². The summed E-state index contributed by atoms with van der Waals surface area (Å²) in [6, 6.07) is 0. The minimum Gasteiger partial charge on any atom is -0.330 e. The second-order valence-electron chi connectivity index (χ2n) is 4.35. The zero-order chi connectivity index (χ0) is 11.8. The van der Waals surface area contributed by atoms with Crippen LogP contribution in [0.2, 0.25) is 0 Å². The molecule has 1 aromatic heterocycles. The van der Waals surface area contributed by atoms with Crippen molar-refractivity contribution in [2.45, 2.75) is 25.1 Å². The van der Waals surface area contributed by atoms with Crippen LogP contribution in [0, 0.1) is 5.92 Å². The third-order valence-electron chi connectivity index (χ3n) is 2.86. The summed E-state index contributed by atoms with van der Waals surface area (Å²) >= 11 is 0. The summed E-state index contributed by atoms with van der Waals surface area (Å²) in [7, 11) is -3.05. The second-order valence-corrected chi connectivity index (χ2v) is 6.49. The predicted octanol–water partition coefficient (Wildman–Crippen LogP) is -0.656. The fourth-order valence-corrected chi connectivity index (χ4v) is 2.68. The molecule has 2 rings (SSSR count). The highest BCUT2D eigenvalue weighted by Crippen LogP contribution is 2.20. The molecule has 0 amide bonds. The van der Waals surface area contributed by atoms with Crippen LogP contribution in [0.1, 0.15) is 18.1 Å². The van der Waals surface area contributed by atoms with Crippen molar-refractivity contribution in [1.82, 2.24) is 14.8 Å². The first-order chi connectivity index (χ1) is 7.49. The van der Waals surface area contributed by atoms with Gasteiger partial charge in [-0.15, -0.1) is 10.2 Å². The second kappa shape index (κ2) is 4.14. The molecular formula is C9H16N4O2S. The molecule has 0 radical (unpaired) electrons. The van der Waals surface area contributed by atoms with Crippen molar-refractivity contribution in [3.05, 3.63) is 11.6 Å². The number of hydrogen-bond acceptors (Lipinski definition) is 5. The molecule has 0 spiro atoms. The molecule has 0 saturated heterocycles. The van der Waals surface area contributed by atoms with Gasteiger partial charge in [0, 0.05) is 19.2 Å². The largest absolute Gasteiger partial charge is 0.330 e. The highest BCUT2D eigenvalue weighted by atomic mass is 32.2. The number of hydrogen-bond donors (Lipinski definition) is 1. The fourth-order valence-electron chi connectivity index (χ4n) is 2.00. The van der Waals surface area contributed by atoms with Crippen LogP contribution in [0.4, 0.5) is 0 Å². The Morgan fingerprint density at radius 2 is 2.25 bits per heavy atom. The molecule has 1 atom stereocenters. The maximum absolute atomic E-state index is 11.2. The number of sulfone groups is 1. The minimum absolute atomic E-state index is 0.0344. The van der Waals surface area contributed by atoms with E-state index in [0.717, 1.165) is 25.2 Å². The van der Waals surface area contributed by atoms with E-state index in [0.29, 0.717) is 18.3 Å². The third kappa shape index (κ3) is 2.41. The van der Waals surface area contributed by atoms with Gasteiger partial charge in [-0.05, 0) is 18.9 Å². The van der Waals surface area contributed by atoms with E-state index in [9.17, 15) is 8.42 Å². The van der Waals surface area contributed by atoms with Gasteiger partial charge in [-0.1, -0.05) is 0 Å². The predicted molar refractivity (Wildman–Crippen MR) is 59.4 cm³/mol. The lowest BCUT2D eigenvalue weighted by molar-refractivity contribution is 0.385. The van der Waals surface area contributed by atoms with Crippen LogP contribution >= 0.6 is 0 Å². The van der Waals surface area contributed by atoms with E-state index in [1.54, 1.807) is 0 Å². The molecule has 1 aliphatic rings. The maximum atomic E-state index is 11.2. The first-order valence-electron chi connectivity index (χ1n) is 5.28. The Kier molecular flexibility index (Phi) is 2.98. The van der Waals surface area contributed by atoms with E-state index >= 15 is 0 Å². The van der Waals surface area contributed by atoms with Crippen LogP contribution in [0.3, 0.4) is 0 Å². The first kappa shape index (κ1) is 11.5. The van der Waals surface area contributed by atoms with Crippen LogP contribution in [0.15, 0.2) is 0 Å². The third-order valence-corrected chi connectivity index (χ3v) is 3.64. The van der Waals surface area contributed by atoms with Crippen LogP contribution in [0.5, 0.6) is 0 Å². The van der Waals surface area contributed by atoms with E-state index in [1.807, 2.05) is 4.57 Å². The van der Waals surface area contributed by atoms with Crippen molar-refractivity contribution in [1.29, 1.82) is 0 Å². The summed E-state index contributed by atoms with van der Waals surface area (Å²) < 4.78 is 24.3. The highest BCUT2D eigenvalue weighted by molar-refractivity contribution is 7.89. The zero-order valence-electron chi connectivity index (χ0n) is 9.26. The summed E-state index contributed by atoms with van der Waals surface area (Å²) in [6.07, 6.45) is 2.98. The molecule has 1 aliphatic heterocycles. The minimum atomic E-state index is -3.05. The lowest BCUT2D eigenvalue weighted by Gasteiger charge is -2.22. The van der Waals surface area contributed by atoms with E-state index in [-0.39, 0.29) is 5.75 Å². The van der Waals surface area contributed by atoms with E-state index in [4.69, 9.17) is 5.73 Å². The first-order valence-corrected chi connectivity index (χ1v) is 7.34. The Hall–Kier alpha value is -0.950. The summed E-state index contributed by atoms with van der Waals surface area (Å²) in [4.78, 5) is 0. The molecule has 6 nitrogen and oxygen atoms in total. The molecular weight excluding hydrogens is 228 g/mol. The number of nitrogens with zero attached hydrogens (tertiary/aromatic N) is 3. The quantitative estimate of drug-likeness (QED) is 0.762. The molecule has 0 saturated carbocycles. The highest BCUT2D eigenvalue weighted by Gasteiger charge is 2.23. The lowest BCUT2D eigenvalue weighted by Crippen LogP contribution is -2.26. The van der Waals surface area contributed by atoms with E-state index < -0.39 is 9.84 Å². The Morgan fingerprint density at radius 3 is 2.88 bits per heavy atom. The van der Waals surface area contributed by atoms with Crippen molar-refractivity contribution in [2.75, 3.05) is 12.8 Å². The number of aromatic nitrogens is 3. The number of rotatable bonds is 3. The monoisotopic (exact) mass is 244 g/mol. The van der Waals surface area contributed by atoms with Gasteiger partial charge in [0.25, 0.3) is 0 Å². The Bertz CT molecular complexity index is 480. The fraction of sp³-hybridized carbons (Fsp3) is 0.778. The van der Waals surface area contributed by atoms with E-state index in [2.05, 4.69) is 10.2 Å². The van der Waals surface area contributed by atoms with Crippen molar-refractivity contribution in [3.8, 4) is 0 Å². The smallest absolute Gasteiger partial charge is 0.154 e. The van der Waals surface area contributed by atoms with Gasteiger partial charge in [0.05, 0.1) is 0 Å². The van der Waals surface area contributed by atoms with Gasteiger partial charge in [-0.2, -0.15) is 0 Å². The molecule has 2 N–H and O–H groups in total. The number of nitrogens with two attached hydrogens (primary N) is 1. The molecule has 0 aromatic carbocycles. The average Bonchev–Trinajstić information content (AvgIpc) is 2.58. The summed E-state index contributed by atoms with van der Waals surface area (Å²) in [5, 5.41) is 7.98. The Balaban J connectivity index is 2.23. The molecule has 90 valence electrons. The summed E-state index contributed by atoms with van der Waals surface area (Å²) in [6.45, 7) is 1.42. The van der Waals surface area contributed by atoms with Crippen LogP contribution in [-0.4, -0.2) is 36.0 Å². The lowest BCUT2D eigenvalue weighted by atomic mass is 9.98. The van der Waals surface area contributed by atoms with Gasteiger partial charge < -0.3 is 10.3 Å². The Morgan fingerprint density at radius 1 is 1.50 bits per heavy atom. The summed E-state index contributed by atoms with van der Waals surface area (Å²) in [5.74, 6) is 1.82. The standard InChI is InChI=1S/C9H16N4O2S/c1-16(14,15)6-9-12-11-8-4-7(5-10)2-3-13(8)9/h7H,2-6,10H2,1H3. The van der Waals surface area contributed by atoms with Crippen molar-refractivity contribution >= 4 is 9.84 Å². The normalized spacial score (nSPS) is 20.8. The van der Waals surface area contributed by atoms with Gasteiger partial charge in [0.15, 0.2) is 9.84 Å². The molecule has 7 heteroatoms. The molecule has 1 aromatic rings. The van der Waals surface area contributed by atoms with Crippen molar-refractivity contribution in [3.63, 3.8) is 0 Å². The van der Waals surface area contributed by atoms with Crippen LogP contribution < -0.4 is 5.73 Å². The summed E-state index contributed by atoms with van der Waals surface area (Å²) in [5.41, 5.74) is 5.62. The maximum Gasteiger partial charge on any atom is 0.154 e. The topological polar surface area (TPSA) is 90.9 Å². The van der Waals surface area contributed by atoms with Gasteiger partial charge in [0.2, 0.25) is 0 Å². The van der Waals surface area contributed by atoms with Crippen molar-refractivity contribution in [2.24, 2.45) is 11.7 Å². The molecule has 16 heavy (non-hydrogen) atoms. The number of fused-ring (bicyclic) bond motifs is 1. The molecule has 0 aliphatic carbocycles. The van der Waals surface area contributed by atoms with Gasteiger partial charge in [0.1, 0.15) is 17.4 Å². The van der Waals surface area contributed by atoms with Gasteiger partial charge >= 0.3 is 0 Å². The van der Waals surface area contributed by atoms with Crippen LogP contribution in [-0.2, 0) is 28.6 Å². The molecule has 1 unspecified atom stereocenters. The van der Waals surface area contributed by atoms with Crippen molar-refractivity contribution < 1.29 is 8.42 Å². The average molecular weight is 244 g/mol. The molecule has 0 bridgehead atoms. The molecule has 2 heterocycles. The van der Waals surface area contributed by atoms with Gasteiger partial charge in [-0.3, -0.25) is 0 Å². The van der Waals surface area contributed by atoms with Gasteiger partial charge in [-0.25, -0.2) is 8.42 Å². The Labute approximate surface area is 94.8 Å². The zero-order valence-corrected chi connectivity index (χ0v) is 10.1. The molecule has 0 fully saturated rings. The van der Waals surface area contributed by atoms with Crippen LogP contribution in [0.25, 0.3) is 0 Å².